The van der Waals surface area contributed by atoms with Crippen LogP contribution in [0, 0.1) is 0 Å². The molecule has 0 radical (unpaired) electrons. The number of nitrogens with two attached hydrogens (primary N) is 1. The summed E-state index contributed by atoms with van der Waals surface area (Å²) in [5.74, 6) is 0.907. The van der Waals surface area contributed by atoms with Crippen molar-refractivity contribution in [3.63, 3.8) is 0 Å². The molecule has 2 rings (SSSR count). The van der Waals surface area contributed by atoms with Crippen molar-refractivity contribution in [2.75, 3.05) is 23.7 Å². The van der Waals surface area contributed by atoms with Gasteiger partial charge in [-0.05, 0) is 41.8 Å². The monoisotopic (exact) mass is 285 g/mol. The first-order chi connectivity index (χ1) is 7.48. The third kappa shape index (κ3) is 2.47. The molecular formula is C11H16BrN3O. The van der Waals surface area contributed by atoms with E-state index in [0.29, 0.717) is 5.69 Å². The molecule has 0 saturated carbocycles. The van der Waals surface area contributed by atoms with Gasteiger partial charge in [-0.2, -0.15) is 0 Å². The van der Waals surface area contributed by atoms with E-state index in [1.54, 1.807) is 6.20 Å². The van der Waals surface area contributed by atoms with Crippen molar-refractivity contribution >= 4 is 27.4 Å². The molecule has 1 aliphatic rings. The fraction of sp³-hybridized carbons (Fsp3) is 0.545. The first-order valence-corrected chi connectivity index (χ1v) is 6.16. The summed E-state index contributed by atoms with van der Waals surface area (Å²) in [6.07, 6.45) is 3.20. The number of piperidine rings is 1. The maximum absolute atomic E-state index is 9.87. The fourth-order valence-electron chi connectivity index (χ4n) is 1.88. The van der Waals surface area contributed by atoms with Gasteiger partial charge in [-0.3, -0.25) is 0 Å². The zero-order chi connectivity index (χ0) is 11.8. The molecule has 0 aromatic carbocycles. The summed E-state index contributed by atoms with van der Waals surface area (Å²) in [4.78, 5) is 6.49. The molecule has 1 aromatic heterocycles. The topological polar surface area (TPSA) is 62.4 Å². The molecule has 0 bridgehead atoms. The molecule has 4 nitrogen and oxygen atoms in total. The number of nitrogen functional groups attached to an aromatic ring is 1. The van der Waals surface area contributed by atoms with E-state index < -0.39 is 5.60 Å². The molecule has 3 N–H and O–H groups in total. The first kappa shape index (κ1) is 11.7. The number of nitrogens with zero attached hydrogens (tertiary/aromatic N) is 2. The lowest BCUT2D eigenvalue weighted by Crippen LogP contribution is -2.42. The number of hydrogen-bond acceptors (Lipinski definition) is 4. The Hall–Kier alpha value is -0.810. The molecule has 1 saturated heterocycles. The van der Waals surface area contributed by atoms with Crippen LogP contribution in [-0.4, -0.2) is 28.8 Å². The second-order valence-corrected chi connectivity index (χ2v) is 5.41. The predicted molar refractivity (Wildman–Crippen MR) is 68.4 cm³/mol. The smallest absolute Gasteiger partial charge is 0.143 e. The Morgan fingerprint density at radius 3 is 2.69 bits per heavy atom. The highest BCUT2D eigenvalue weighted by atomic mass is 79.9. The summed E-state index contributed by atoms with van der Waals surface area (Å²) in [5.41, 5.74) is 5.77. The van der Waals surface area contributed by atoms with Crippen LogP contribution < -0.4 is 10.6 Å². The maximum Gasteiger partial charge on any atom is 0.143 e. The van der Waals surface area contributed by atoms with E-state index in [1.165, 1.54) is 0 Å². The van der Waals surface area contributed by atoms with Crippen molar-refractivity contribution in [3.05, 3.63) is 16.7 Å². The molecule has 0 atom stereocenters. The molecule has 1 aliphatic heterocycles. The van der Waals surface area contributed by atoms with Crippen LogP contribution in [0.15, 0.2) is 16.7 Å². The standard InChI is InChI=1S/C11H16BrN3O/c1-11(16)2-4-15(5-3-11)10-9(12)6-8(13)7-14-10/h6-7,16H,2-5,13H2,1H3. The minimum absolute atomic E-state index is 0.531. The molecule has 0 aliphatic carbocycles. The Labute approximate surface area is 104 Å². The van der Waals surface area contributed by atoms with Gasteiger partial charge in [0, 0.05) is 13.1 Å². The van der Waals surface area contributed by atoms with Crippen molar-refractivity contribution in [1.82, 2.24) is 4.98 Å². The summed E-state index contributed by atoms with van der Waals surface area (Å²) in [6, 6.07) is 1.86. The van der Waals surface area contributed by atoms with E-state index in [-0.39, 0.29) is 0 Å². The minimum Gasteiger partial charge on any atom is -0.397 e. The molecule has 0 amide bonds. The predicted octanol–water partition coefficient (Wildman–Crippen LogP) is 1.78. The Kier molecular flexibility index (Phi) is 3.08. The number of aliphatic hydroxyl groups is 1. The highest BCUT2D eigenvalue weighted by Gasteiger charge is 2.28. The van der Waals surface area contributed by atoms with E-state index in [4.69, 9.17) is 5.73 Å². The number of pyridine rings is 1. The van der Waals surface area contributed by atoms with Gasteiger partial charge in [-0.15, -0.1) is 0 Å². The zero-order valence-electron chi connectivity index (χ0n) is 9.28. The lowest BCUT2D eigenvalue weighted by atomic mass is 9.94. The van der Waals surface area contributed by atoms with Crippen molar-refractivity contribution in [3.8, 4) is 0 Å². The van der Waals surface area contributed by atoms with E-state index in [2.05, 4.69) is 25.8 Å². The van der Waals surface area contributed by atoms with Gasteiger partial charge in [0.15, 0.2) is 0 Å². The van der Waals surface area contributed by atoms with E-state index in [1.807, 2.05) is 13.0 Å². The van der Waals surface area contributed by atoms with Crippen molar-refractivity contribution in [2.24, 2.45) is 0 Å². The summed E-state index contributed by atoms with van der Waals surface area (Å²) in [5, 5.41) is 9.87. The largest absolute Gasteiger partial charge is 0.397 e. The summed E-state index contributed by atoms with van der Waals surface area (Å²) < 4.78 is 0.911. The Morgan fingerprint density at radius 1 is 1.50 bits per heavy atom. The molecule has 1 fully saturated rings. The molecule has 16 heavy (non-hydrogen) atoms. The second kappa shape index (κ2) is 4.22. The van der Waals surface area contributed by atoms with Crippen LogP contribution in [0.25, 0.3) is 0 Å². The summed E-state index contributed by atoms with van der Waals surface area (Å²) in [7, 11) is 0. The average Bonchev–Trinajstić information content (AvgIpc) is 2.19. The van der Waals surface area contributed by atoms with Crippen LogP contribution in [-0.2, 0) is 0 Å². The van der Waals surface area contributed by atoms with Crippen LogP contribution in [0.2, 0.25) is 0 Å². The summed E-state index contributed by atoms with van der Waals surface area (Å²) in [6.45, 7) is 3.53. The van der Waals surface area contributed by atoms with Crippen molar-refractivity contribution in [1.29, 1.82) is 0 Å². The van der Waals surface area contributed by atoms with Gasteiger partial charge in [0.2, 0.25) is 0 Å². The van der Waals surface area contributed by atoms with Gasteiger partial charge in [0.1, 0.15) is 5.82 Å². The van der Waals surface area contributed by atoms with E-state index in [9.17, 15) is 5.11 Å². The van der Waals surface area contributed by atoms with Crippen LogP contribution in [0.4, 0.5) is 11.5 Å². The average molecular weight is 286 g/mol. The second-order valence-electron chi connectivity index (χ2n) is 4.56. The minimum atomic E-state index is -0.531. The Balaban J connectivity index is 2.14. The maximum atomic E-state index is 9.87. The number of anilines is 2. The van der Waals surface area contributed by atoms with Crippen LogP contribution >= 0.6 is 15.9 Å². The van der Waals surface area contributed by atoms with Gasteiger partial charge in [0.25, 0.3) is 0 Å². The number of rotatable bonds is 1. The van der Waals surface area contributed by atoms with Crippen LogP contribution in [0.3, 0.4) is 0 Å². The molecule has 1 aromatic rings. The van der Waals surface area contributed by atoms with E-state index >= 15 is 0 Å². The van der Waals surface area contributed by atoms with Gasteiger partial charge in [-0.25, -0.2) is 4.98 Å². The normalized spacial score (nSPS) is 19.8. The van der Waals surface area contributed by atoms with Crippen LogP contribution in [0.5, 0.6) is 0 Å². The highest BCUT2D eigenvalue weighted by Crippen LogP contribution is 2.30. The molecule has 0 unspecified atom stereocenters. The van der Waals surface area contributed by atoms with Crippen molar-refractivity contribution < 1.29 is 5.11 Å². The first-order valence-electron chi connectivity index (χ1n) is 5.36. The quantitative estimate of drug-likeness (QED) is 0.826. The molecule has 0 spiro atoms. The Morgan fingerprint density at radius 2 is 2.12 bits per heavy atom. The molecule has 5 heteroatoms. The molecule has 88 valence electrons. The van der Waals surface area contributed by atoms with Gasteiger partial charge >= 0.3 is 0 Å². The SMILES string of the molecule is CC1(O)CCN(c2ncc(N)cc2Br)CC1. The van der Waals surface area contributed by atoms with Gasteiger partial charge < -0.3 is 15.7 Å². The van der Waals surface area contributed by atoms with Crippen molar-refractivity contribution in [2.45, 2.75) is 25.4 Å². The third-order valence-electron chi connectivity index (χ3n) is 2.98. The zero-order valence-corrected chi connectivity index (χ0v) is 10.9. The number of hydrogen-bond donors (Lipinski definition) is 2. The lowest BCUT2D eigenvalue weighted by Gasteiger charge is -2.36. The number of aromatic nitrogens is 1. The highest BCUT2D eigenvalue weighted by molar-refractivity contribution is 9.10. The third-order valence-corrected chi connectivity index (χ3v) is 3.57. The number of halogens is 1. The van der Waals surface area contributed by atoms with Gasteiger partial charge in [-0.1, -0.05) is 0 Å². The fourth-order valence-corrected chi connectivity index (χ4v) is 2.50. The lowest BCUT2D eigenvalue weighted by molar-refractivity contribution is 0.0350. The van der Waals surface area contributed by atoms with Gasteiger partial charge in [0.05, 0.1) is 22.0 Å². The summed E-state index contributed by atoms with van der Waals surface area (Å²) >= 11 is 3.46. The molecule has 2 heterocycles. The van der Waals surface area contributed by atoms with E-state index in [0.717, 1.165) is 36.2 Å². The molecular weight excluding hydrogens is 270 g/mol. The van der Waals surface area contributed by atoms with Crippen LogP contribution in [0.1, 0.15) is 19.8 Å². The Bertz CT molecular complexity index is 385.